The molecule has 10 heteroatoms. The number of aromatic amines is 1. The smallest absolute Gasteiger partial charge is 0.295 e. The maximum Gasteiger partial charge on any atom is 0.295 e. The van der Waals surface area contributed by atoms with Crippen LogP contribution < -0.4 is 5.32 Å². The lowest BCUT2D eigenvalue weighted by atomic mass is 10.1. The minimum Gasteiger partial charge on any atom is -0.337 e. The number of alkyl halides is 2. The first-order chi connectivity index (χ1) is 13.5. The topological polar surface area (TPSA) is 95.2 Å². The second-order valence-electron chi connectivity index (χ2n) is 6.81. The van der Waals surface area contributed by atoms with Gasteiger partial charge >= 0.3 is 0 Å². The Hall–Kier alpha value is -2.85. The SMILES string of the molecule is Cc1cc(S(=O)(=O)N(C)C)cc(NC(=O)c2ccc3nc(C(F)F)[nH]c3c2)c1C. The van der Waals surface area contributed by atoms with E-state index in [0.717, 1.165) is 9.87 Å². The number of fused-ring (bicyclic) bond motifs is 1. The highest BCUT2D eigenvalue weighted by molar-refractivity contribution is 7.89. The number of hydrogen-bond donors (Lipinski definition) is 2. The minimum atomic E-state index is -3.68. The fraction of sp³-hybridized carbons (Fsp3) is 0.263. The van der Waals surface area contributed by atoms with E-state index in [0.29, 0.717) is 22.3 Å². The molecule has 0 aliphatic carbocycles. The second-order valence-corrected chi connectivity index (χ2v) is 8.96. The van der Waals surface area contributed by atoms with E-state index >= 15 is 0 Å². The first-order valence-electron chi connectivity index (χ1n) is 8.63. The molecule has 1 heterocycles. The molecule has 2 N–H and O–H groups in total. The van der Waals surface area contributed by atoms with Crippen LogP contribution in [0.4, 0.5) is 14.5 Å². The van der Waals surface area contributed by atoms with Crippen molar-refractivity contribution in [2.75, 3.05) is 19.4 Å². The zero-order chi connectivity index (χ0) is 21.5. The summed E-state index contributed by atoms with van der Waals surface area (Å²) in [6, 6.07) is 7.31. The number of benzene rings is 2. The van der Waals surface area contributed by atoms with Crippen molar-refractivity contribution in [1.29, 1.82) is 0 Å². The largest absolute Gasteiger partial charge is 0.337 e. The van der Waals surface area contributed by atoms with Crippen LogP contribution in [-0.2, 0) is 10.0 Å². The molecule has 0 aliphatic rings. The van der Waals surface area contributed by atoms with Crippen LogP contribution in [0, 0.1) is 13.8 Å². The summed E-state index contributed by atoms with van der Waals surface area (Å²) in [4.78, 5) is 19.0. The van der Waals surface area contributed by atoms with Crippen molar-refractivity contribution in [3.63, 3.8) is 0 Å². The number of carbonyl (C=O) groups excluding carboxylic acids is 1. The van der Waals surface area contributed by atoms with E-state index in [1.165, 1.54) is 38.4 Å². The van der Waals surface area contributed by atoms with Gasteiger partial charge in [-0.3, -0.25) is 4.79 Å². The molecule has 0 saturated heterocycles. The summed E-state index contributed by atoms with van der Waals surface area (Å²) in [5.74, 6) is -0.965. The molecular formula is C19H20F2N4O3S. The normalized spacial score (nSPS) is 12.1. The van der Waals surface area contributed by atoms with E-state index in [1.807, 2.05) is 0 Å². The first-order valence-corrected chi connectivity index (χ1v) is 10.1. The van der Waals surface area contributed by atoms with Crippen LogP contribution in [0.1, 0.15) is 33.7 Å². The molecule has 1 aromatic heterocycles. The summed E-state index contributed by atoms with van der Waals surface area (Å²) in [7, 11) is -0.822. The number of sulfonamides is 1. The third-order valence-electron chi connectivity index (χ3n) is 4.64. The number of aromatic nitrogens is 2. The highest BCUT2D eigenvalue weighted by Crippen LogP contribution is 2.26. The summed E-state index contributed by atoms with van der Waals surface area (Å²) in [6.07, 6.45) is -2.74. The molecule has 0 atom stereocenters. The Bertz CT molecular complexity index is 1200. The number of carbonyl (C=O) groups is 1. The lowest BCUT2D eigenvalue weighted by molar-refractivity contribution is 0.102. The minimum absolute atomic E-state index is 0.0616. The molecule has 7 nitrogen and oxygen atoms in total. The first kappa shape index (κ1) is 20.9. The highest BCUT2D eigenvalue weighted by atomic mass is 32.2. The van der Waals surface area contributed by atoms with Crippen LogP contribution in [0.15, 0.2) is 35.2 Å². The molecule has 1 amide bonds. The number of halogens is 2. The van der Waals surface area contributed by atoms with Crippen molar-refractivity contribution in [2.24, 2.45) is 0 Å². The van der Waals surface area contributed by atoms with Gasteiger partial charge in [0.15, 0.2) is 5.82 Å². The lowest BCUT2D eigenvalue weighted by Crippen LogP contribution is -2.23. The van der Waals surface area contributed by atoms with E-state index in [2.05, 4.69) is 15.3 Å². The Morgan fingerprint density at radius 2 is 1.86 bits per heavy atom. The van der Waals surface area contributed by atoms with Crippen molar-refractivity contribution < 1.29 is 22.0 Å². The van der Waals surface area contributed by atoms with Gasteiger partial charge in [0.1, 0.15) is 0 Å². The molecule has 29 heavy (non-hydrogen) atoms. The molecule has 0 saturated carbocycles. The molecular weight excluding hydrogens is 402 g/mol. The predicted molar refractivity (Wildman–Crippen MR) is 106 cm³/mol. The van der Waals surface area contributed by atoms with Crippen LogP contribution in [-0.4, -0.2) is 42.7 Å². The molecule has 0 radical (unpaired) electrons. The Balaban J connectivity index is 1.96. The molecule has 0 fully saturated rings. The quantitative estimate of drug-likeness (QED) is 0.657. The van der Waals surface area contributed by atoms with Gasteiger partial charge in [-0.25, -0.2) is 26.5 Å². The molecule has 0 bridgehead atoms. The third kappa shape index (κ3) is 3.99. The summed E-state index contributed by atoms with van der Waals surface area (Å²) in [5.41, 5.74) is 2.63. The number of nitrogens with one attached hydrogen (secondary N) is 2. The molecule has 2 aromatic carbocycles. The number of hydrogen-bond acceptors (Lipinski definition) is 4. The van der Waals surface area contributed by atoms with E-state index in [9.17, 15) is 22.0 Å². The van der Waals surface area contributed by atoms with Gasteiger partial charge in [0.25, 0.3) is 12.3 Å². The van der Waals surface area contributed by atoms with Crippen molar-refractivity contribution in [3.8, 4) is 0 Å². The average molecular weight is 422 g/mol. The van der Waals surface area contributed by atoms with Gasteiger partial charge < -0.3 is 10.3 Å². The van der Waals surface area contributed by atoms with E-state index in [4.69, 9.17) is 0 Å². The van der Waals surface area contributed by atoms with E-state index in [-0.39, 0.29) is 10.5 Å². The van der Waals surface area contributed by atoms with Crippen molar-refractivity contribution in [1.82, 2.24) is 14.3 Å². The Morgan fingerprint density at radius 1 is 1.17 bits per heavy atom. The molecule has 3 rings (SSSR count). The molecule has 154 valence electrons. The van der Waals surface area contributed by atoms with Crippen LogP contribution in [0.5, 0.6) is 0 Å². The van der Waals surface area contributed by atoms with Gasteiger partial charge in [-0.2, -0.15) is 0 Å². The Labute approximate surface area is 166 Å². The zero-order valence-electron chi connectivity index (χ0n) is 16.2. The number of nitrogens with zero attached hydrogens (tertiary/aromatic N) is 2. The van der Waals surface area contributed by atoms with Gasteiger partial charge in [0.05, 0.1) is 15.9 Å². The zero-order valence-corrected chi connectivity index (χ0v) is 17.1. The van der Waals surface area contributed by atoms with Gasteiger partial charge in [0, 0.05) is 25.3 Å². The summed E-state index contributed by atoms with van der Waals surface area (Å²) in [6.45, 7) is 3.52. The maximum absolute atomic E-state index is 12.8. The van der Waals surface area contributed by atoms with Crippen LogP contribution in [0.3, 0.4) is 0 Å². The number of aryl methyl sites for hydroxylation is 1. The van der Waals surface area contributed by atoms with E-state index < -0.39 is 28.2 Å². The van der Waals surface area contributed by atoms with E-state index in [1.54, 1.807) is 19.9 Å². The predicted octanol–water partition coefficient (Wildman–Crippen LogP) is 3.62. The number of imidazole rings is 1. The standard InChI is InChI=1S/C19H20F2N4O3S/c1-10-7-13(29(27,28)25(3)4)9-15(11(10)2)24-19(26)12-5-6-14-16(8-12)23-18(22-14)17(20)21/h5-9,17H,1-4H3,(H,22,23)(H,24,26). The third-order valence-corrected chi connectivity index (χ3v) is 6.43. The number of amides is 1. The Kier molecular flexibility index (Phi) is 5.42. The summed E-state index contributed by atoms with van der Waals surface area (Å²) < 4.78 is 51.6. The fourth-order valence-electron chi connectivity index (χ4n) is 2.78. The second kappa shape index (κ2) is 7.53. The average Bonchev–Trinajstić information content (AvgIpc) is 3.08. The van der Waals surface area contributed by atoms with Crippen molar-refractivity contribution in [3.05, 3.63) is 52.8 Å². The van der Waals surface area contributed by atoms with Crippen LogP contribution in [0.25, 0.3) is 11.0 Å². The van der Waals surface area contributed by atoms with Gasteiger partial charge in [-0.05, 0) is 55.3 Å². The summed E-state index contributed by atoms with van der Waals surface area (Å²) >= 11 is 0. The van der Waals surface area contributed by atoms with Crippen LogP contribution >= 0.6 is 0 Å². The fourth-order valence-corrected chi connectivity index (χ4v) is 3.80. The van der Waals surface area contributed by atoms with Crippen LogP contribution in [0.2, 0.25) is 0 Å². The molecule has 0 unspecified atom stereocenters. The van der Waals surface area contributed by atoms with Gasteiger partial charge in [-0.1, -0.05) is 0 Å². The van der Waals surface area contributed by atoms with Gasteiger partial charge in [-0.15, -0.1) is 0 Å². The highest BCUT2D eigenvalue weighted by Gasteiger charge is 2.21. The maximum atomic E-state index is 12.8. The molecule has 0 spiro atoms. The lowest BCUT2D eigenvalue weighted by Gasteiger charge is -2.16. The number of H-pyrrole nitrogens is 1. The number of anilines is 1. The van der Waals surface area contributed by atoms with Crippen molar-refractivity contribution in [2.45, 2.75) is 25.2 Å². The van der Waals surface area contributed by atoms with Crippen molar-refractivity contribution >= 4 is 32.7 Å². The number of rotatable bonds is 5. The Morgan fingerprint density at radius 3 is 2.48 bits per heavy atom. The van der Waals surface area contributed by atoms with Gasteiger partial charge in [0.2, 0.25) is 10.0 Å². The monoisotopic (exact) mass is 422 g/mol. The molecule has 3 aromatic rings. The molecule has 0 aliphatic heterocycles. The summed E-state index contributed by atoms with van der Waals surface area (Å²) in [5, 5.41) is 2.71.